The van der Waals surface area contributed by atoms with Gasteiger partial charge in [-0.3, -0.25) is 4.79 Å². The molecule has 2 fully saturated rings. The Balaban J connectivity index is 2.38. The maximum absolute atomic E-state index is 11.2. The summed E-state index contributed by atoms with van der Waals surface area (Å²) in [5.74, 6) is -0.385. The normalized spacial score (nSPS) is 45.5. The van der Waals surface area contributed by atoms with Gasteiger partial charge in [0.05, 0.1) is 12.0 Å². The summed E-state index contributed by atoms with van der Waals surface area (Å²) in [6.45, 7) is 8.68. The van der Waals surface area contributed by atoms with Crippen LogP contribution in [0.5, 0.6) is 0 Å². The van der Waals surface area contributed by atoms with E-state index in [1.165, 1.54) is 6.42 Å². The van der Waals surface area contributed by atoms with Gasteiger partial charge in [0.25, 0.3) is 0 Å². The molecule has 0 unspecified atom stereocenters. The van der Waals surface area contributed by atoms with Gasteiger partial charge in [-0.15, -0.1) is 0 Å². The molecule has 2 rings (SSSR count). The lowest BCUT2D eigenvalue weighted by atomic mass is 9.45. The van der Waals surface area contributed by atoms with E-state index in [1.54, 1.807) is 0 Å². The molecule has 0 aromatic rings. The molecular formula is C16H28O3. The molecule has 110 valence electrons. The maximum atomic E-state index is 11.2. The number of aliphatic hydroxyl groups is 1. The molecule has 0 heterocycles. The van der Waals surface area contributed by atoms with Crippen LogP contribution < -0.4 is 0 Å². The highest BCUT2D eigenvalue weighted by molar-refractivity contribution is 5.67. The van der Waals surface area contributed by atoms with Gasteiger partial charge in [0, 0.05) is 5.92 Å². The standard InChI is InChI=1S/C16H28O3/c1-14(2)7-5-8-15(3)11(14)6-9-16(4,19)12(15)10-13(17)18/h11-12,19H,5-10H2,1-4H3,(H,17,18)/t11-,12+,15-,16-/m1/s1. The van der Waals surface area contributed by atoms with Crippen LogP contribution in [0.4, 0.5) is 0 Å². The van der Waals surface area contributed by atoms with Crippen LogP contribution >= 0.6 is 0 Å². The lowest BCUT2D eigenvalue weighted by molar-refractivity contribution is -0.178. The topological polar surface area (TPSA) is 57.5 Å². The molecule has 2 N–H and O–H groups in total. The molecular weight excluding hydrogens is 240 g/mol. The van der Waals surface area contributed by atoms with E-state index in [9.17, 15) is 15.0 Å². The smallest absolute Gasteiger partial charge is 0.303 e. The van der Waals surface area contributed by atoms with Gasteiger partial charge in [-0.25, -0.2) is 0 Å². The molecule has 2 saturated carbocycles. The number of carbonyl (C=O) groups is 1. The molecule has 4 atom stereocenters. The molecule has 2 aliphatic rings. The summed E-state index contributed by atoms with van der Waals surface area (Å²) in [6.07, 6.45) is 5.26. The average molecular weight is 268 g/mol. The van der Waals surface area contributed by atoms with Gasteiger partial charge in [0.2, 0.25) is 0 Å². The van der Waals surface area contributed by atoms with E-state index in [4.69, 9.17) is 0 Å². The molecule has 19 heavy (non-hydrogen) atoms. The van der Waals surface area contributed by atoms with Crippen LogP contribution in [0.3, 0.4) is 0 Å². The van der Waals surface area contributed by atoms with Crippen molar-refractivity contribution >= 4 is 5.97 Å². The first-order chi connectivity index (χ1) is 8.59. The van der Waals surface area contributed by atoms with Crippen molar-refractivity contribution in [2.75, 3.05) is 0 Å². The molecule has 0 saturated heterocycles. The predicted molar refractivity (Wildman–Crippen MR) is 74.8 cm³/mol. The second kappa shape index (κ2) is 4.47. The molecule has 2 aliphatic carbocycles. The average Bonchev–Trinajstić information content (AvgIpc) is 2.22. The third-order valence-corrected chi connectivity index (χ3v) is 6.14. The van der Waals surface area contributed by atoms with E-state index in [2.05, 4.69) is 20.8 Å². The van der Waals surface area contributed by atoms with Crippen molar-refractivity contribution < 1.29 is 15.0 Å². The number of rotatable bonds is 2. The minimum Gasteiger partial charge on any atom is -0.481 e. The van der Waals surface area contributed by atoms with Gasteiger partial charge < -0.3 is 10.2 Å². The first-order valence-electron chi connectivity index (χ1n) is 7.54. The van der Waals surface area contributed by atoms with Gasteiger partial charge in [0.15, 0.2) is 0 Å². The molecule has 0 radical (unpaired) electrons. The van der Waals surface area contributed by atoms with Gasteiger partial charge in [-0.05, 0) is 49.4 Å². The SMILES string of the molecule is CC1(C)CCC[C@]2(C)[C@@H]1CC[C@@](C)(O)[C@H]2CC(=O)O. The Morgan fingerprint density at radius 2 is 1.79 bits per heavy atom. The highest BCUT2D eigenvalue weighted by Gasteiger charge is 2.58. The van der Waals surface area contributed by atoms with Gasteiger partial charge in [-0.1, -0.05) is 27.2 Å². The van der Waals surface area contributed by atoms with Crippen molar-refractivity contribution in [2.24, 2.45) is 22.7 Å². The van der Waals surface area contributed by atoms with Crippen molar-refractivity contribution in [2.45, 2.75) is 71.8 Å². The van der Waals surface area contributed by atoms with Crippen LogP contribution in [-0.2, 0) is 4.79 Å². The fraction of sp³-hybridized carbons (Fsp3) is 0.938. The molecule has 0 aliphatic heterocycles. The molecule has 0 spiro atoms. The van der Waals surface area contributed by atoms with Crippen LogP contribution in [0.25, 0.3) is 0 Å². The largest absolute Gasteiger partial charge is 0.481 e. The quantitative estimate of drug-likeness (QED) is 0.806. The Labute approximate surface area is 116 Å². The summed E-state index contributed by atoms with van der Waals surface area (Å²) in [7, 11) is 0. The lowest BCUT2D eigenvalue weighted by Crippen LogP contribution is -2.58. The van der Waals surface area contributed by atoms with Crippen molar-refractivity contribution in [3.8, 4) is 0 Å². The predicted octanol–water partition coefficient (Wildman–Crippen LogP) is 3.45. The molecule has 0 aromatic carbocycles. The Kier molecular flexibility index (Phi) is 3.49. The number of fused-ring (bicyclic) bond motifs is 1. The third kappa shape index (κ3) is 2.42. The van der Waals surface area contributed by atoms with E-state index in [-0.39, 0.29) is 23.2 Å². The summed E-state index contributed by atoms with van der Waals surface area (Å²) < 4.78 is 0. The van der Waals surface area contributed by atoms with E-state index in [1.807, 2.05) is 6.92 Å². The minimum atomic E-state index is -0.836. The number of hydrogen-bond donors (Lipinski definition) is 2. The van der Waals surface area contributed by atoms with E-state index < -0.39 is 11.6 Å². The summed E-state index contributed by atoms with van der Waals surface area (Å²) in [6, 6.07) is 0. The Hall–Kier alpha value is -0.570. The maximum Gasteiger partial charge on any atom is 0.303 e. The fourth-order valence-corrected chi connectivity index (χ4v) is 5.25. The van der Waals surface area contributed by atoms with Crippen LogP contribution in [0, 0.1) is 22.7 Å². The molecule has 3 heteroatoms. The van der Waals surface area contributed by atoms with Crippen LogP contribution in [0.1, 0.15) is 66.2 Å². The summed E-state index contributed by atoms with van der Waals surface area (Å²) in [5, 5.41) is 19.9. The summed E-state index contributed by atoms with van der Waals surface area (Å²) in [5.41, 5.74) is -0.612. The van der Waals surface area contributed by atoms with E-state index >= 15 is 0 Å². The van der Waals surface area contributed by atoms with Gasteiger partial charge >= 0.3 is 5.97 Å². The van der Waals surface area contributed by atoms with Crippen molar-refractivity contribution in [1.82, 2.24) is 0 Å². The fourth-order valence-electron chi connectivity index (χ4n) is 5.25. The number of aliphatic carboxylic acids is 1. The summed E-state index contributed by atoms with van der Waals surface area (Å²) in [4.78, 5) is 11.2. The number of carboxylic acids is 1. The van der Waals surface area contributed by atoms with Crippen LogP contribution in [-0.4, -0.2) is 21.8 Å². The molecule has 0 aromatic heterocycles. The highest BCUT2D eigenvalue weighted by atomic mass is 16.4. The third-order valence-electron chi connectivity index (χ3n) is 6.14. The molecule has 0 bridgehead atoms. The van der Waals surface area contributed by atoms with Crippen molar-refractivity contribution in [1.29, 1.82) is 0 Å². The van der Waals surface area contributed by atoms with E-state index in [0.29, 0.717) is 5.92 Å². The second-order valence-corrected chi connectivity index (χ2v) is 7.95. The van der Waals surface area contributed by atoms with E-state index in [0.717, 1.165) is 25.7 Å². The van der Waals surface area contributed by atoms with Crippen LogP contribution in [0.15, 0.2) is 0 Å². The van der Waals surface area contributed by atoms with Gasteiger partial charge in [0.1, 0.15) is 0 Å². The zero-order valence-electron chi connectivity index (χ0n) is 12.7. The van der Waals surface area contributed by atoms with Crippen LogP contribution in [0.2, 0.25) is 0 Å². The zero-order valence-corrected chi connectivity index (χ0v) is 12.7. The number of carboxylic acid groups (broad SMARTS) is 1. The summed E-state index contributed by atoms with van der Waals surface area (Å²) >= 11 is 0. The van der Waals surface area contributed by atoms with Gasteiger partial charge in [-0.2, -0.15) is 0 Å². The second-order valence-electron chi connectivity index (χ2n) is 7.95. The Morgan fingerprint density at radius 3 is 2.37 bits per heavy atom. The monoisotopic (exact) mass is 268 g/mol. The van der Waals surface area contributed by atoms with Crippen molar-refractivity contribution in [3.63, 3.8) is 0 Å². The molecule has 3 nitrogen and oxygen atoms in total. The Morgan fingerprint density at radius 1 is 1.16 bits per heavy atom. The minimum absolute atomic E-state index is 0.0398. The number of hydrogen-bond acceptors (Lipinski definition) is 2. The highest BCUT2D eigenvalue weighted by Crippen LogP contribution is 2.62. The Bertz CT molecular complexity index is 372. The molecule has 0 amide bonds. The van der Waals surface area contributed by atoms with Crippen molar-refractivity contribution in [3.05, 3.63) is 0 Å². The lowest BCUT2D eigenvalue weighted by Gasteiger charge is -2.61. The first-order valence-corrected chi connectivity index (χ1v) is 7.54. The zero-order chi connectivity index (χ0) is 14.5. The first kappa shape index (κ1) is 14.8.